The summed E-state index contributed by atoms with van der Waals surface area (Å²) in [4.78, 5) is 4.79. The second kappa shape index (κ2) is 6.56. The molecule has 1 nitrogen and oxygen atoms in total. The van der Waals surface area contributed by atoms with Crippen LogP contribution in [0, 0.1) is 0 Å². The number of nitrogens with zero attached hydrogens (tertiary/aromatic N) is 1. The van der Waals surface area contributed by atoms with Crippen LogP contribution < -0.4 is 0 Å². The number of pyridine rings is 1. The lowest BCUT2D eigenvalue weighted by Gasteiger charge is -2.15. The summed E-state index contributed by atoms with van der Waals surface area (Å²) in [6.45, 7) is 0. The van der Waals surface area contributed by atoms with Gasteiger partial charge in [0.2, 0.25) is 0 Å². The minimum Gasteiger partial charge on any atom is -0.256 e. The van der Waals surface area contributed by atoms with Crippen LogP contribution in [0.4, 0.5) is 0 Å². The van der Waals surface area contributed by atoms with Crippen LogP contribution in [0.25, 0.3) is 64.8 Å². The number of fused-ring (bicyclic) bond motifs is 12. The maximum Gasteiger partial charge on any atom is 0.0786 e. The molecule has 0 aliphatic carbocycles. The largest absolute Gasteiger partial charge is 0.256 e. The normalized spacial score (nSPS) is 12.1. The Morgan fingerprint density at radius 3 is 1.84 bits per heavy atom. The highest BCUT2D eigenvalue weighted by Gasteiger charge is 2.15. The van der Waals surface area contributed by atoms with Gasteiger partial charge in [0.1, 0.15) is 0 Å². The quantitative estimate of drug-likeness (QED) is 0.211. The zero-order valence-electron chi connectivity index (χ0n) is 16.9. The van der Waals surface area contributed by atoms with Crippen LogP contribution in [0.15, 0.2) is 91.1 Å². The second-order valence-corrected chi connectivity index (χ2v) is 9.14. The van der Waals surface area contributed by atoms with Crippen LogP contribution in [-0.2, 0) is 0 Å². The SMILES string of the molecule is Clc1ccc2c(c1)c1ccc3ccc4ccc5cccnc5c4c3c1c1cc(Cl)ccc21. The summed E-state index contributed by atoms with van der Waals surface area (Å²) in [7, 11) is 0. The van der Waals surface area contributed by atoms with Gasteiger partial charge in [-0.25, -0.2) is 0 Å². The van der Waals surface area contributed by atoms with Crippen LogP contribution in [0.2, 0.25) is 10.0 Å². The van der Waals surface area contributed by atoms with Crippen LogP contribution in [0.5, 0.6) is 0 Å². The molecule has 0 N–H and O–H groups in total. The highest BCUT2D eigenvalue weighted by molar-refractivity contribution is 6.39. The van der Waals surface area contributed by atoms with Crippen LogP contribution in [-0.4, -0.2) is 4.98 Å². The molecule has 0 aliphatic rings. The van der Waals surface area contributed by atoms with Crippen LogP contribution in [0.1, 0.15) is 0 Å². The Kier molecular flexibility index (Phi) is 3.73. The van der Waals surface area contributed by atoms with E-state index in [1.807, 2.05) is 24.4 Å². The molecule has 0 fully saturated rings. The molecule has 0 radical (unpaired) electrons. The van der Waals surface area contributed by atoms with Gasteiger partial charge < -0.3 is 0 Å². The van der Waals surface area contributed by atoms with Crippen molar-refractivity contribution in [2.45, 2.75) is 0 Å². The fraction of sp³-hybridized carbons (Fsp3) is 0. The Bertz CT molecular complexity index is 1900. The molecule has 0 atom stereocenters. The van der Waals surface area contributed by atoms with Gasteiger partial charge in [0, 0.05) is 32.4 Å². The lowest BCUT2D eigenvalue weighted by Crippen LogP contribution is -1.88. The van der Waals surface area contributed by atoms with E-state index >= 15 is 0 Å². The van der Waals surface area contributed by atoms with E-state index < -0.39 is 0 Å². The van der Waals surface area contributed by atoms with Gasteiger partial charge in [0.05, 0.1) is 5.52 Å². The van der Waals surface area contributed by atoms with E-state index in [1.54, 1.807) is 0 Å². The summed E-state index contributed by atoms with van der Waals surface area (Å²) in [5, 5.41) is 14.4. The zero-order chi connectivity index (χ0) is 21.4. The second-order valence-electron chi connectivity index (χ2n) is 8.27. The van der Waals surface area contributed by atoms with Crippen molar-refractivity contribution in [3.63, 3.8) is 0 Å². The molecule has 1 heterocycles. The van der Waals surface area contributed by atoms with Crippen LogP contribution >= 0.6 is 23.2 Å². The van der Waals surface area contributed by atoms with Crippen molar-refractivity contribution < 1.29 is 0 Å². The summed E-state index contributed by atoms with van der Waals surface area (Å²) in [6, 6.07) is 29.5. The zero-order valence-corrected chi connectivity index (χ0v) is 18.4. The van der Waals surface area contributed by atoms with Crippen molar-refractivity contribution in [1.29, 1.82) is 0 Å². The average molecular weight is 448 g/mol. The molecule has 3 heteroatoms. The van der Waals surface area contributed by atoms with Gasteiger partial charge in [-0.3, -0.25) is 4.98 Å². The van der Waals surface area contributed by atoms with E-state index in [-0.39, 0.29) is 0 Å². The minimum atomic E-state index is 0.729. The first kappa shape index (κ1) is 18.2. The molecule has 0 bridgehead atoms. The number of rotatable bonds is 0. The predicted molar refractivity (Wildman–Crippen MR) is 139 cm³/mol. The van der Waals surface area contributed by atoms with Gasteiger partial charge in [-0.05, 0) is 73.4 Å². The lowest BCUT2D eigenvalue weighted by atomic mass is 9.88. The summed E-state index contributed by atoms with van der Waals surface area (Å²) in [5.41, 5.74) is 1.02. The Balaban J connectivity index is 1.90. The maximum atomic E-state index is 6.53. The molecule has 0 aliphatic heterocycles. The fourth-order valence-corrected chi connectivity index (χ4v) is 5.55. The van der Waals surface area contributed by atoms with Gasteiger partial charge in [-0.1, -0.05) is 77.8 Å². The van der Waals surface area contributed by atoms with Gasteiger partial charge in [-0.15, -0.1) is 0 Å². The number of hydrogen-bond acceptors (Lipinski definition) is 1. The topological polar surface area (TPSA) is 12.9 Å². The molecule has 1 aromatic heterocycles. The molecule has 0 spiro atoms. The summed E-state index contributed by atoms with van der Waals surface area (Å²) in [6.07, 6.45) is 1.87. The molecule has 0 amide bonds. The van der Waals surface area contributed by atoms with Crippen molar-refractivity contribution >= 4 is 88.0 Å². The Hall–Kier alpha value is -3.39. The predicted octanol–water partition coefficient (Wildman–Crippen LogP) is 9.31. The monoisotopic (exact) mass is 447 g/mol. The molecule has 7 aromatic rings. The average Bonchev–Trinajstić information content (AvgIpc) is 2.83. The number of halogens is 2. The molecule has 32 heavy (non-hydrogen) atoms. The highest BCUT2D eigenvalue weighted by Crippen LogP contribution is 2.43. The van der Waals surface area contributed by atoms with Crippen molar-refractivity contribution in [2.24, 2.45) is 0 Å². The molecule has 0 unspecified atom stereocenters. The third-order valence-corrected chi connectivity index (χ3v) is 7.02. The molecule has 150 valence electrons. The van der Waals surface area contributed by atoms with Gasteiger partial charge >= 0.3 is 0 Å². The smallest absolute Gasteiger partial charge is 0.0786 e. The van der Waals surface area contributed by atoms with Crippen LogP contribution in [0.3, 0.4) is 0 Å². The Labute approximate surface area is 193 Å². The van der Waals surface area contributed by atoms with Gasteiger partial charge in [0.25, 0.3) is 0 Å². The first-order valence-electron chi connectivity index (χ1n) is 10.5. The number of benzene rings is 6. The number of aromatic nitrogens is 1. The molecule has 0 saturated heterocycles. The molecular weight excluding hydrogens is 433 g/mol. The number of hydrogen-bond donors (Lipinski definition) is 0. The molecule has 7 rings (SSSR count). The maximum absolute atomic E-state index is 6.53. The third-order valence-electron chi connectivity index (χ3n) is 6.55. The summed E-state index contributed by atoms with van der Waals surface area (Å²) >= 11 is 13.0. The van der Waals surface area contributed by atoms with E-state index in [0.717, 1.165) is 31.7 Å². The van der Waals surface area contributed by atoms with E-state index in [9.17, 15) is 0 Å². The Morgan fingerprint density at radius 2 is 1.06 bits per heavy atom. The van der Waals surface area contributed by atoms with Crippen molar-refractivity contribution in [3.8, 4) is 0 Å². The van der Waals surface area contributed by atoms with Crippen molar-refractivity contribution in [2.75, 3.05) is 0 Å². The first-order valence-corrected chi connectivity index (χ1v) is 11.3. The Morgan fingerprint density at radius 1 is 0.469 bits per heavy atom. The molecule has 6 aromatic carbocycles. The summed E-state index contributed by atoms with van der Waals surface area (Å²) in [5.74, 6) is 0. The lowest BCUT2D eigenvalue weighted by molar-refractivity contribution is 1.43. The minimum absolute atomic E-state index is 0.729. The van der Waals surface area contributed by atoms with E-state index in [4.69, 9.17) is 28.2 Å². The van der Waals surface area contributed by atoms with E-state index in [0.29, 0.717) is 0 Å². The van der Waals surface area contributed by atoms with Gasteiger partial charge in [0.15, 0.2) is 0 Å². The van der Waals surface area contributed by atoms with E-state index in [1.165, 1.54) is 43.1 Å². The van der Waals surface area contributed by atoms with Crippen molar-refractivity contribution in [3.05, 3.63) is 101 Å². The highest BCUT2D eigenvalue weighted by atomic mass is 35.5. The summed E-state index contributed by atoms with van der Waals surface area (Å²) < 4.78 is 0. The standard InChI is InChI=1S/C29H15Cl2N/c30-19-8-11-21-22-12-9-20(31)15-25(22)28-23(24(21)14-19)10-7-16-3-4-17-5-6-18-2-1-13-32-29(18)27(17)26(16)28/h1-15H. The van der Waals surface area contributed by atoms with Crippen molar-refractivity contribution in [1.82, 2.24) is 4.98 Å². The van der Waals surface area contributed by atoms with Gasteiger partial charge in [-0.2, -0.15) is 0 Å². The molecule has 0 saturated carbocycles. The van der Waals surface area contributed by atoms with E-state index in [2.05, 4.69) is 66.7 Å². The molecular formula is C29H15Cl2N. The third kappa shape index (κ3) is 2.44. The first-order chi connectivity index (χ1) is 15.7. The fourth-order valence-electron chi connectivity index (χ4n) is 5.21.